The van der Waals surface area contributed by atoms with Crippen LogP contribution in [-0.4, -0.2) is 17.3 Å². The van der Waals surface area contributed by atoms with Crippen molar-refractivity contribution in [3.05, 3.63) is 60.2 Å². The smallest absolute Gasteiger partial charge is 0.173 e. The molecule has 2 N–H and O–H groups in total. The highest BCUT2D eigenvalue weighted by Crippen LogP contribution is 2.17. The van der Waals surface area contributed by atoms with E-state index in [1.54, 1.807) is 12.1 Å². The van der Waals surface area contributed by atoms with Gasteiger partial charge in [0.2, 0.25) is 0 Å². The number of nitrogens with one attached hydrogen (secondary N) is 1. The van der Waals surface area contributed by atoms with E-state index in [-0.39, 0.29) is 5.75 Å². The van der Waals surface area contributed by atoms with Crippen LogP contribution in [-0.2, 0) is 6.54 Å². The van der Waals surface area contributed by atoms with E-state index in [1.165, 1.54) is 5.56 Å². The molecule has 2 rings (SSSR count). The highest BCUT2D eigenvalue weighted by Gasteiger charge is 2.06. The SMILES string of the molecule is CN(C(=S)NCc1ccccc1)c1ccc(O)cc1. The van der Waals surface area contributed by atoms with Crippen LogP contribution in [0.15, 0.2) is 54.6 Å². The summed E-state index contributed by atoms with van der Waals surface area (Å²) in [6, 6.07) is 17.0. The van der Waals surface area contributed by atoms with Gasteiger partial charge in [-0.2, -0.15) is 0 Å². The largest absolute Gasteiger partial charge is 0.508 e. The zero-order valence-electron chi connectivity index (χ0n) is 10.7. The maximum atomic E-state index is 9.26. The zero-order valence-corrected chi connectivity index (χ0v) is 11.5. The molecule has 0 heterocycles. The van der Waals surface area contributed by atoms with Crippen molar-refractivity contribution in [2.45, 2.75) is 6.54 Å². The Morgan fingerprint density at radius 1 is 1.11 bits per heavy atom. The van der Waals surface area contributed by atoms with E-state index >= 15 is 0 Å². The Kier molecular flexibility index (Phi) is 4.36. The molecule has 98 valence electrons. The molecule has 0 saturated carbocycles. The van der Waals surface area contributed by atoms with Gasteiger partial charge in [0, 0.05) is 19.3 Å². The third kappa shape index (κ3) is 3.69. The monoisotopic (exact) mass is 272 g/mol. The van der Waals surface area contributed by atoms with Gasteiger partial charge in [-0.3, -0.25) is 0 Å². The first-order chi connectivity index (χ1) is 9.16. The van der Waals surface area contributed by atoms with Crippen LogP contribution in [0.4, 0.5) is 5.69 Å². The Hall–Kier alpha value is -2.07. The van der Waals surface area contributed by atoms with Gasteiger partial charge in [-0.15, -0.1) is 0 Å². The average Bonchev–Trinajstić information content (AvgIpc) is 2.46. The summed E-state index contributed by atoms with van der Waals surface area (Å²) in [5.74, 6) is 0.250. The maximum absolute atomic E-state index is 9.26. The molecule has 3 nitrogen and oxygen atoms in total. The number of hydrogen-bond donors (Lipinski definition) is 2. The van der Waals surface area contributed by atoms with Crippen LogP contribution >= 0.6 is 12.2 Å². The highest BCUT2D eigenvalue weighted by atomic mass is 32.1. The van der Waals surface area contributed by atoms with Crippen LogP contribution in [0.25, 0.3) is 0 Å². The van der Waals surface area contributed by atoms with E-state index in [9.17, 15) is 5.11 Å². The quantitative estimate of drug-likeness (QED) is 0.842. The molecule has 2 aromatic carbocycles. The average molecular weight is 272 g/mol. The first kappa shape index (κ1) is 13.4. The Bertz CT molecular complexity index is 540. The Balaban J connectivity index is 1.94. The summed E-state index contributed by atoms with van der Waals surface area (Å²) in [6.45, 7) is 0.697. The second kappa shape index (κ2) is 6.20. The lowest BCUT2D eigenvalue weighted by Gasteiger charge is -2.21. The van der Waals surface area contributed by atoms with E-state index in [4.69, 9.17) is 12.2 Å². The number of thiocarbonyl (C=S) groups is 1. The summed E-state index contributed by atoms with van der Waals surface area (Å²) >= 11 is 5.34. The van der Waals surface area contributed by atoms with E-state index in [2.05, 4.69) is 17.4 Å². The number of phenols is 1. The number of hydrogen-bond acceptors (Lipinski definition) is 2. The second-order valence-electron chi connectivity index (χ2n) is 4.22. The molecule has 0 unspecified atom stereocenters. The Morgan fingerprint density at radius 3 is 2.37 bits per heavy atom. The summed E-state index contributed by atoms with van der Waals surface area (Å²) in [4.78, 5) is 1.87. The first-order valence-electron chi connectivity index (χ1n) is 6.01. The predicted octanol–water partition coefficient (Wildman–Crippen LogP) is 2.90. The molecule has 0 saturated heterocycles. The third-order valence-electron chi connectivity index (χ3n) is 2.83. The molecular formula is C15H16N2OS. The lowest BCUT2D eigenvalue weighted by molar-refractivity contribution is 0.475. The van der Waals surface area contributed by atoms with Crippen LogP contribution < -0.4 is 10.2 Å². The fourth-order valence-corrected chi connectivity index (χ4v) is 1.86. The zero-order chi connectivity index (χ0) is 13.7. The van der Waals surface area contributed by atoms with Crippen LogP contribution in [0.5, 0.6) is 5.75 Å². The summed E-state index contributed by atoms with van der Waals surface area (Å²) in [5, 5.41) is 13.1. The van der Waals surface area contributed by atoms with Gasteiger partial charge in [0.25, 0.3) is 0 Å². The Morgan fingerprint density at radius 2 is 1.74 bits per heavy atom. The van der Waals surface area contributed by atoms with Gasteiger partial charge in [-0.25, -0.2) is 0 Å². The molecule has 0 spiro atoms. The maximum Gasteiger partial charge on any atom is 0.173 e. The van der Waals surface area contributed by atoms with Crippen LogP contribution in [0.1, 0.15) is 5.56 Å². The number of nitrogens with zero attached hydrogens (tertiary/aromatic N) is 1. The molecule has 0 aliphatic carbocycles. The lowest BCUT2D eigenvalue weighted by Crippen LogP contribution is -2.36. The molecule has 19 heavy (non-hydrogen) atoms. The summed E-state index contributed by atoms with van der Waals surface area (Å²) in [5.41, 5.74) is 2.12. The van der Waals surface area contributed by atoms with Crippen molar-refractivity contribution in [2.24, 2.45) is 0 Å². The molecule has 0 atom stereocenters. The van der Waals surface area contributed by atoms with E-state index in [0.717, 1.165) is 5.69 Å². The highest BCUT2D eigenvalue weighted by molar-refractivity contribution is 7.80. The Labute approximate surface area is 118 Å². The fourth-order valence-electron chi connectivity index (χ4n) is 1.69. The standard InChI is InChI=1S/C15H16N2OS/c1-17(13-7-9-14(18)10-8-13)15(19)16-11-12-5-3-2-4-6-12/h2-10,18H,11H2,1H3,(H,16,19). The van der Waals surface area contributed by atoms with E-state index < -0.39 is 0 Å². The summed E-state index contributed by atoms with van der Waals surface area (Å²) < 4.78 is 0. The van der Waals surface area contributed by atoms with Gasteiger partial charge in [-0.05, 0) is 42.0 Å². The lowest BCUT2D eigenvalue weighted by atomic mass is 10.2. The summed E-state index contributed by atoms with van der Waals surface area (Å²) in [6.07, 6.45) is 0. The van der Waals surface area contributed by atoms with Crippen molar-refractivity contribution >= 4 is 23.0 Å². The van der Waals surface area contributed by atoms with Crippen molar-refractivity contribution in [3.63, 3.8) is 0 Å². The van der Waals surface area contributed by atoms with Gasteiger partial charge in [0.1, 0.15) is 5.75 Å². The molecule has 0 aliphatic rings. The van der Waals surface area contributed by atoms with Gasteiger partial charge in [0.15, 0.2) is 5.11 Å². The van der Waals surface area contributed by atoms with Crippen LogP contribution in [0.3, 0.4) is 0 Å². The van der Waals surface area contributed by atoms with Crippen molar-refractivity contribution in [3.8, 4) is 5.75 Å². The number of phenolic OH excluding ortho intramolecular Hbond substituents is 1. The molecule has 2 aromatic rings. The van der Waals surface area contributed by atoms with Gasteiger partial charge >= 0.3 is 0 Å². The fraction of sp³-hybridized carbons (Fsp3) is 0.133. The molecule has 0 amide bonds. The molecule has 0 fully saturated rings. The topological polar surface area (TPSA) is 35.5 Å². The summed E-state index contributed by atoms with van der Waals surface area (Å²) in [7, 11) is 1.90. The normalized spacial score (nSPS) is 9.95. The van der Waals surface area contributed by atoms with Gasteiger partial charge < -0.3 is 15.3 Å². The van der Waals surface area contributed by atoms with Crippen molar-refractivity contribution in [1.82, 2.24) is 5.32 Å². The van der Waals surface area contributed by atoms with E-state index in [1.807, 2.05) is 42.3 Å². The van der Waals surface area contributed by atoms with Crippen molar-refractivity contribution < 1.29 is 5.11 Å². The number of benzene rings is 2. The molecular weight excluding hydrogens is 256 g/mol. The second-order valence-corrected chi connectivity index (χ2v) is 4.61. The van der Waals surface area contributed by atoms with Crippen molar-refractivity contribution in [1.29, 1.82) is 0 Å². The molecule has 4 heteroatoms. The minimum Gasteiger partial charge on any atom is -0.508 e. The number of rotatable bonds is 3. The van der Waals surface area contributed by atoms with Gasteiger partial charge in [-0.1, -0.05) is 30.3 Å². The van der Waals surface area contributed by atoms with Gasteiger partial charge in [0.05, 0.1) is 0 Å². The minimum absolute atomic E-state index is 0.250. The van der Waals surface area contributed by atoms with Crippen molar-refractivity contribution in [2.75, 3.05) is 11.9 Å². The third-order valence-corrected chi connectivity index (χ3v) is 3.25. The van der Waals surface area contributed by atoms with Crippen LogP contribution in [0, 0.1) is 0 Å². The molecule has 0 aliphatic heterocycles. The molecule has 0 bridgehead atoms. The number of aromatic hydroxyl groups is 1. The number of anilines is 1. The first-order valence-corrected chi connectivity index (χ1v) is 6.42. The molecule has 0 radical (unpaired) electrons. The van der Waals surface area contributed by atoms with E-state index in [0.29, 0.717) is 11.7 Å². The predicted molar refractivity (Wildman–Crippen MR) is 82.4 cm³/mol. The molecule has 0 aromatic heterocycles. The minimum atomic E-state index is 0.250. The van der Waals surface area contributed by atoms with Crippen LogP contribution in [0.2, 0.25) is 0 Å².